The number of carbonyl (C=O) groups is 2. The fourth-order valence-corrected chi connectivity index (χ4v) is 3.08. The van der Waals surface area contributed by atoms with Gasteiger partial charge < -0.3 is 24.8 Å². The fourth-order valence-electron chi connectivity index (χ4n) is 2.95. The molecule has 0 fully saturated rings. The van der Waals surface area contributed by atoms with Gasteiger partial charge in [0.25, 0.3) is 11.8 Å². The number of nitrogens with one attached hydrogen (secondary N) is 2. The first-order valence-electron chi connectivity index (χ1n) is 10.4. The minimum absolute atomic E-state index is 0.0983. The number of halogens is 1. The van der Waals surface area contributed by atoms with Gasteiger partial charge in [0.05, 0.1) is 14.2 Å². The smallest absolute Gasteiger partial charge is 0.266 e. The zero-order valence-corrected chi connectivity index (χ0v) is 19.8. The van der Waals surface area contributed by atoms with Crippen molar-refractivity contribution in [3.63, 3.8) is 0 Å². The summed E-state index contributed by atoms with van der Waals surface area (Å²) in [6.45, 7) is -0.248. The summed E-state index contributed by atoms with van der Waals surface area (Å²) < 4.78 is 16.0. The fraction of sp³-hybridized carbons (Fsp3) is 0.115. The van der Waals surface area contributed by atoms with Gasteiger partial charge in [0.1, 0.15) is 17.4 Å². The van der Waals surface area contributed by atoms with Gasteiger partial charge >= 0.3 is 0 Å². The van der Waals surface area contributed by atoms with Gasteiger partial charge in [-0.1, -0.05) is 17.7 Å². The molecule has 3 aromatic rings. The molecule has 35 heavy (non-hydrogen) atoms. The average Bonchev–Trinajstić information content (AvgIpc) is 2.88. The summed E-state index contributed by atoms with van der Waals surface area (Å²) in [7, 11) is 3.00. The van der Waals surface area contributed by atoms with Crippen LogP contribution >= 0.6 is 11.6 Å². The maximum Gasteiger partial charge on any atom is 0.266 e. The van der Waals surface area contributed by atoms with Gasteiger partial charge in [-0.3, -0.25) is 9.59 Å². The first kappa shape index (κ1) is 25.1. The molecular formula is C26H22ClN3O5. The van der Waals surface area contributed by atoms with Gasteiger partial charge in [0, 0.05) is 16.4 Å². The minimum atomic E-state index is -0.559. The lowest BCUT2D eigenvalue weighted by Gasteiger charge is -2.12. The van der Waals surface area contributed by atoms with Crippen molar-refractivity contribution in [2.75, 3.05) is 31.5 Å². The highest BCUT2D eigenvalue weighted by Crippen LogP contribution is 2.29. The molecule has 0 spiro atoms. The van der Waals surface area contributed by atoms with Crippen molar-refractivity contribution in [1.29, 1.82) is 5.26 Å². The van der Waals surface area contributed by atoms with Crippen molar-refractivity contribution in [3.05, 3.63) is 82.9 Å². The summed E-state index contributed by atoms with van der Waals surface area (Å²) in [5, 5.41) is 15.4. The molecule has 0 aliphatic carbocycles. The summed E-state index contributed by atoms with van der Waals surface area (Å²) in [6, 6.07) is 20.2. The standard InChI is InChI=1S/C26H22ClN3O5/c1-33-22-10-8-21(9-11-22)30-26(32)18(15-28)13-17-3-12-23(24(14-17)34-2)35-16-25(31)29-20-6-4-19(27)5-7-20/h3-14H,16H2,1-2H3,(H,29,31)(H,30,32)/b18-13+. The van der Waals surface area contributed by atoms with Gasteiger partial charge in [-0.15, -0.1) is 0 Å². The summed E-state index contributed by atoms with van der Waals surface area (Å²) in [5.41, 5.74) is 1.56. The van der Waals surface area contributed by atoms with Crippen LogP contribution in [0.15, 0.2) is 72.3 Å². The second-order valence-electron chi connectivity index (χ2n) is 7.11. The number of benzene rings is 3. The maximum atomic E-state index is 12.5. The number of hydrogen-bond donors (Lipinski definition) is 2. The molecule has 0 heterocycles. The van der Waals surface area contributed by atoms with Crippen molar-refractivity contribution in [2.24, 2.45) is 0 Å². The summed E-state index contributed by atoms with van der Waals surface area (Å²) >= 11 is 5.84. The van der Waals surface area contributed by atoms with E-state index in [0.29, 0.717) is 39.2 Å². The number of hydrogen-bond acceptors (Lipinski definition) is 6. The topological polar surface area (TPSA) is 110 Å². The SMILES string of the molecule is COc1ccc(NC(=O)/C(C#N)=C/c2ccc(OCC(=O)Nc3ccc(Cl)cc3)c(OC)c2)cc1. The van der Waals surface area contributed by atoms with E-state index in [1.54, 1.807) is 73.8 Å². The van der Waals surface area contributed by atoms with Crippen LogP contribution in [0.4, 0.5) is 11.4 Å². The molecule has 2 amide bonds. The molecule has 0 aliphatic heterocycles. The molecule has 8 nitrogen and oxygen atoms in total. The molecule has 0 saturated heterocycles. The van der Waals surface area contributed by atoms with Crippen LogP contribution in [0, 0.1) is 11.3 Å². The number of anilines is 2. The first-order chi connectivity index (χ1) is 16.9. The second kappa shape index (κ2) is 12.1. The molecule has 0 bridgehead atoms. The third kappa shape index (κ3) is 7.25. The Morgan fingerprint density at radius 1 is 0.914 bits per heavy atom. The van der Waals surface area contributed by atoms with Crippen LogP contribution in [0.2, 0.25) is 5.02 Å². The lowest BCUT2D eigenvalue weighted by atomic mass is 10.1. The number of amides is 2. The zero-order chi connectivity index (χ0) is 25.2. The van der Waals surface area contributed by atoms with Crippen LogP contribution in [0.25, 0.3) is 6.08 Å². The van der Waals surface area contributed by atoms with E-state index in [4.69, 9.17) is 25.8 Å². The van der Waals surface area contributed by atoms with Crippen LogP contribution in [-0.4, -0.2) is 32.6 Å². The zero-order valence-electron chi connectivity index (χ0n) is 19.0. The highest BCUT2D eigenvalue weighted by Gasteiger charge is 2.12. The Hall–Kier alpha value is -4.48. The van der Waals surface area contributed by atoms with Gasteiger partial charge in [-0.2, -0.15) is 5.26 Å². The Labute approximate surface area is 207 Å². The molecule has 3 rings (SSSR count). The quantitative estimate of drug-likeness (QED) is 0.325. The van der Waals surface area contributed by atoms with Crippen LogP contribution < -0.4 is 24.8 Å². The summed E-state index contributed by atoms with van der Waals surface area (Å²) in [5.74, 6) is 0.398. The Morgan fingerprint density at radius 2 is 1.57 bits per heavy atom. The molecule has 0 unspecified atom stereocenters. The van der Waals surface area contributed by atoms with E-state index in [1.165, 1.54) is 13.2 Å². The lowest BCUT2D eigenvalue weighted by molar-refractivity contribution is -0.118. The highest BCUT2D eigenvalue weighted by atomic mass is 35.5. The number of nitrogens with zero attached hydrogens (tertiary/aromatic N) is 1. The normalized spacial score (nSPS) is 10.6. The lowest BCUT2D eigenvalue weighted by Crippen LogP contribution is -2.20. The largest absolute Gasteiger partial charge is 0.497 e. The van der Waals surface area contributed by atoms with E-state index in [2.05, 4.69) is 10.6 Å². The minimum Gasteiger partial charge on any atom is -0.497 e. The Balaban J connectivity index is 1.66. The van der Waals surface area contributed by atoms with Gasteiger partial charge in [-0.25, -0.2) is 0 Å². The van der Waals surface area contributed by atoms with Gasteiger partial charge in [-0.05, 0) is 72.3 Å². The molecule has 2 N–H and O–H groups in total. The number of ether oxygens (including phenoxy) is 3. The van der Waals surface area contributed by atoms with Crippen LogP contribution in [0.1, 0.15) is 5.56 Å². The average molecular weight is 492 g/mol. The van der Waals surface area contributed by atoms with Gasteiger partial charge in [0.15, 0.2) is 18.1 Å². The number of rotatable bonds is 9. The van der Waals surface area contributed by atoms with E-state index in [-0.39, 0.29) is 18.1 Å². The summed E-state index contributed by atoms with van der Waals surface area (Å²) in [4.78, 5) is 24.7. The Kier molecular flexibility index (Phi) is 8.70. The first-order valence-corrected chi connectivity index (χ1v) is 10.7. The van der Waals surface area contributed by atoms with Crippen molar-refractivity contribution >= 4 is 40.9 Å². The van der Waals surface area contributed by atoms with E-state index < -0.39 is 5.91 Å². The molecule has 3 aromatic carbocycles. The Bertz CT molecular complexity index is 1270. The van der Waals surface area contributed by atoms with Crippen molar-refractivity contribution in [1.82, 2.24) is 0 Å². The van der Waals surface area contributed by atoms with Crippen LogP contribution in [-0.2, 0) is 9.59 Å². The summed E-state index contributed by atoms with van der Waals surface area (Å²) in [6.07, 6.45) is 1.43. The van der Waals surface area contributed by atoms with E-state index >= 15 is 0 Å². The van der Waals surface area contributed by atoms with E-state index in [0.717, 1.165) is 0 Å². The van der Waals surface area contributed by atoms with E-state index in [1.807, 2.05) is 6.07 Å². The van der Waals surface area contributed by atoms with Gasteiger partial charge in [0.2, 0.25) is 0 Å². The van der Waals surface area contributed by atoms with Crippen molar-refractivity contribution in [3.8, 4) is 23.3 Å². The molecule has 0 radical (unpaired) electrons. The second-order valence-corrected chi connectivity index (χ2v) is 7.54. The molecule has 0 aromatic heterocycles. The monoisotopic (exact) mass is 491 g/mol. The molecule has 0 aliphatic rings. The van der Waals surface area contributed by atoms with Crippen LogP contribution in [0.3, 0.4) is 0 Å². The maximum absolute atomic E-state index is 12.5. The van der Waals surface area contributed by atoms with Crippen molar-refractivity contribution < 1.29 is 23.8 Å². The highest BCUT2D eigenvalue weighted by molar-refractivity contribution is 6.30. The number of methoxy groups -OCH3 is 2. The van der Waals surface area contributed by atoms with Crippen molar-refractivity contribution in [2.45, 2.75) is 0 Å². The number of nitriles is 1. The van der Waals surface area contributed by atoms with Crippen LogP contribution in [0.5, 0.6) is 17.2 Å². The predicted molar refractivity (Wildman–Crippen MR) is 134 cm³/mol. The molecular weight excluding hydrogens is 470 g/mol. The molecule has 178 valence electrons. The third-order valence-corrected chi connectivity index (χ3v) is 4.95. The molecule has 0 atom stereocenters. The predicted octanol–water partition coefficient (Wildman–Crippen LogP) is 4.92. The van der Waals surface area contributed by atoms with E-state index in [9.17, 15) is 14.9 Å². The molecule has 9 heteroatoms. The Morgan fingerprint density at radius 3 is 2.20 bits per heavy atom. The number of carbonyl (C=O) groups excluding carboxylic acids is 2. The third-order valence-electron chi connectivity index (χ3n) is 4.70. The molecule has 0 saturated carbocycles.